The number of nitrogens with zero attached hydrogens (tertiary/aromatic N) is 1. The fourth-order valence-electron chi connectivity index (χ4n) is 2.29. The number of rotatable bonds is 9. The van der Waals surface area contributed by atoms with Crippen LogP contribution in [0.3, 0.4) is 0 Å². The Morgan fingerprint density at radius 2 is 2.04 bits per heavy atom. The summed E-state index contributed by atoms with van der Waals surface area (Å²) in [5, 5.41) is 13.0. The lowest BCUT2D eigenvalue weighted by Crippen LogP contribution is -2.57. The largest absolute Gasteiger partial charge is 0.550 e. The number of piperazine rings is 1. The number of carboxylic acids is 1. The van der Waals surface area contributed by atoms with Crippen molar-refractivity contribution in [1.82, 2.24) is 10.2 Å². The number of nitrogens with one attached hydrogen (secondary N) is 1. The number of carbonyl (C=O) groups excluding carboxylic acids is 4. The maximum atomic E-state index is 12.2. The third-order valence-electron chi connectivity index (χ3n) is 3.54. The maximum Gasteiger partial charge on any atom is 0.308 e. The second-order valence-electron chi connectivity index (χ2n) is 5.40. The molecule has 2 amide bonds. The quantitative estimate of drug-likeness (QED) is 0.427. The Hall–Kier alpha value is -2.12. The highest BCUT2D eigenvalue weighted by atomic mass is 16.5. The molecule has 0 aromatic rings. The van der Waals surface area contributed by atoms with Crippen LogP contribution in [0.5, 0.6) is 0 Å². The van der Waals surface area contributed by atoms with Crippen LogP contribution in [0.25, 0.3) is 0 Å². The van der Waals surface area contributed by atoms with E-state index in [1.54, 1.807) is 0 Å². The van der Waals surface area contributed by atoms with Gasteiger partial charge in [0.05, 0.1) is 13.0 Å². The first-order valence-electron chi connectivity index (χ1n) is 7.88. The van der Waals surface area contributed by atoms with E-state index in [2.05, 4.69) is 5.32 Å². The molecule has 0 radical (unpaired) electrons. The Morgan fingerprint density at radius 3 is 2.70 bits per heavy atom. The van der Waals surface area contributed by atoms with E-state index in [9.17, 15) is 24.3 Å². The first-order chi connectivity index (χ1) is 11.0. The number of unbranched alkanes of at least 4 members (excludes halogenated alkanes) is 1. The monoisotopic (exact) mass is 327 g/mol. The molecule has 1 heterocycles. The number of ether oxygens (including phenoxy) is 1. The van der Waals surface area contributed by atoms with Crippen LogP contribution in [0, 0.1) is 0 Å². The summed E-state index contributed by atoms with van der Waals surface area (Å²) in [7, 11) is 0. The lowest BCUT2D eigenvalue weighted by molar-refractivity contribution is -0.305. The molecule has 1 fully saturated rings. The minimum Gasteiger partial charge on any atom is -0.550 e. The van der Waals surface area contributed by atoms with Crippen molar-refractivity contribution in [3.63, 3.8) is 0 Å². The summed E-state index contributed by atoms with van der Waals surface area (Å²) in [5.74, 6) is -2.47. The van der Waals surface area contributed by atoms with Crippen LogP contribution < -0.4 is 10.4 Å². The fraction of sp³-hybridized carbons (Fsp3) is 0.733. The number of aliphatic carboxylic acids is 1. The van der Waals surface area contributed by atoms with Crippen molar-refractivity contribution in [2.75, 3.05) is 19.7 Å². The Labute approximate surface area is 135 Å². The minimum absolute atomic E-state index is 0.00262. The highest BCUT2D eigenvalue weighted by molar-refractivity contribution is 5.92. The Morgan fingerprint density at radius 1 is 1.30 bits per heavy atom. The van der Waals surface area contributed by atoms with Gasteiger partial charge in [0.2, 0.25) is 11.8 Å². The van der Waals surface area contributed by atoms with Crippen molar-refractivity contribution in [1.29, 1.82) is 0 Å². The van der Waals surface area contributed by atoms with Crippen molar-refractivity contribution in [2.45, 2.75) is 51.5 Å². The molecular weight excluding hydrogens is 304 g/mol. The van der Waals surface area contributed by atoms with Gasteiger partial charge in [-0.2, -0.15) is 0 Å². The molecule has 1 aliphatic rings. The number of esters is 1. The Balaban J connectivity index is 2.56. The summed E-state index contributed by atoms with van der Waals surface area (Å²) < 4.78 is 5.03. The van der Waals surface area contributed by atoms with Crippen LogP contribution in [0.1, 0.15) is 45.4 Å². The Bertz CT molecular complexity index is 451. The van der Waals surface area contributed by atoms with Crippen molar-refractivity contribution < 1.29 is 29.0 Å². The van der Waals surface area contributed by atoms with Crippen LogP contribution >= 0.6 is 0 Å². The van der Waals surface area contributed by atoms with Gasteiger partial charge in [-0.25, -0.2) is 0 Å². The molecule has 1 N–H and O–H groups in total. The van der Waals surface area contributed by atoms with E-state index < -0.39 is 23.9 Å². The van der Waals surface area contributed by atoms with Gasteiger partial charge in [0.25, 0.3) is 0 Å². The van der Waals surface area contributed by atoms with Crippen LogP contribution in [0.4, 0.5) is 0 Å². The van der Waals surface area contributed by atoms with Gasteiger partial charge >= 0.3 is 5.97 Å². The molecule has 0 aromatic carbocycles. The summed E-state index contributed by atoms with van der Waals surface area (Å²) in [6.45, 7) is 2.87. The first kappa shape index (κ1) is 18.9. The van der Waals surface area contributed by atoms with E-state index in [1.165, 1.54) is 4.90 Å². The summed E-state index contributed by atoms with van der Waals surface area (Å²) in [4.78, 5) is 47.6. The van der Waals surface area contributed by atoms with E-state index in [0.29, 0.717) is 19.7 Å². The van der Waals surface area contributed by atoms with E-state index >= 15 is 0 Å². The molecule has 0 saturated carbocycles. The zero-order chi connectivity index (χ0) is 17.2. The Kier molecular flexibility index (Phi) is 8.07. The van der Waals surface area contributed by atoms with Gasteiger partial charge < -0.3 is 24.9 Å². The molecule has 0 unspecified atom stereocenters. The smallest absolute Gasteiger partial charge is 0.308 e. The second-order valence-corrected chi connectivity index (χ2v) is 5.40. The number of carboxylic acid groups (broad SMARTS) is 1. The third-order valence-corrected chi connectivity index (χ3v) is 3.54. The third kappa shape index (κ3) is 6.66. The van der Waals surface area contributed by atoms with E-state index in [1.807, 2.05) is 6.92 Å². The molecule has 8 heteroatoms. The topological polar surface area (TPSA) is 116 Å². The molecule has 0 spiro atoms. The van der Waals surface area contributed by atoms with Gasteiger partial charge in [-0.1, -0.05) is 13.3 Å². The molecule has 0 aliphatic carbocycles. The molecule has 1 saturated heterocycles. The van der Waals surface area contributed by atoms with Crippen molar-refractivity contribution in [3.05, 3.63) is 0 Å². The van der Waals surface area contributed by atoms with Crippen molar-refractivity contribution in [2.24, 2.45) is 0 Å². The molecule has 23 heavy (non-hydrogen) atoms. The van der Waals surface area contributed by atoms with Gasteiger partial charge in [-0.05, 0) is 19.3 Å². The average Bonchev–Trinajstić information content (AvgIpc) is 2.49. The SMILES string of the molecule is CCCCOC(=O)C[C@H]1C(=O)NCCN1C(=O)CCCC(=O)[O-]. The molecule has 1 aliphatic heterocycles. The molecule has 1 atom stereocenters. The number of hydrogen-bond acceptors (Lipinski definition) is 6. The second kappa shape index (κ2) is 9.81. The van der Waals surface area contributed by atoms with E-state index in [4.69, 9.17) is 4.74 Å². The normalized spacial score (nSPS) is 17.5. The zero-order valence-corrected chi connectivity index (χ0v) is 13.3. The lowest BCUT2D eigenvalue weighted by atomic mass is 10.1. The van der Waals surface area contributed by atoms with Crippen LogP contribution in [0.2, 0.25) is 0 Å². The predicted molar refractivity (Wildman–Crippen MR) is 77.9 cm³/mol. The van der Waals surface area contributed by atoms with Crippen LogP contribution in [-0.2, 0) is 23.9 Å². The average molecular weight is 327 g/mol. The molecule has 0 bridgehead atoms. The number of hydrogen-bond donors (Lipinski definition) is 1. The lowest BCUT2D eigenvalue weighted by Gasteiger charge is -2.34. The first-order valence-corrected chi connectivity index (χ1v) is 7.88. The number of amides is 2. The molecule has 0 aromatic heterocycles. The van der Waals surface area contributed by atoms with Gasteiger partial charge in [0, 0.05) is 25.5 Å². The highest BCUT2D eigenvalue weighted by Crippen LogP contribution is 2.13. The van der Waals surface area contributed by atoms with Crippen molar-refractivity contribution in [3.8, 4) is 0 Å². The van der Waals surface area contributed by atoms with Gasteiger partial charge in [-0.3, -0.25) is 14.4 Å². The van der Waals surface area contributed by atoms with Gasteiger partial charge in [0.1, 0.15) is 6.04 Å². The molecule has 8 nitrogen and oxygen atoms in total. The van der Waals surface area contributed by atoms with Crippen LogP contribution in [-0.4, -0.2) is 54.4 Å². The molecule has 1 rings (SSSR count). The highest BCUT2D eigenvalue weighted by Gasteiger charge is 2.34. The van der Waals surface area contributed by atoms with E-state index in [0.717, 1.165) is 12.8 Å². The predicted octanol–water partition coefficient (Wildman–Crippen LogP) is -1.03. The van der Waals surface area contributed by atoms with Gasteiger partial charge in [0.15, 0.2) is 0 Å². The molecule has 130 valence electrons. The molecular formula is C15H23N2O6-. The summed E-state index contributed by atoms with van der Waals surface area (Å²) in [6, 6.07) is -0.895. The minimum atomic E-state index is -1.22. The summed E-state index contributed by atoms with van der Waals surface area (Å²) in [6.07, 6.45) is 1.38. The van der Waals surface area contributed by atoms with Crippen LogP contribution in [0.15, 0.2) is 0 Å². The summed E-state index contributed by atoms with van der Waals surface area (Å²) >= 11 is 0. The van der Waals surface area contributed by atoms with Crippen molar-refractivity contribution >= 4 is 23.8 Å². The number of carbonyl (C=O) groups is 4. The standard InChI is InChI=1S/C15H24N2O6/c1-2-3-9-23-14(21)10-11-15(22)16-7-8-17(11)12(18)5-4-6-13(19)20/h11H,2-10H2,1H3,(H,16,22)(H,19,20)/p-1/t11-/m0/s1. The summed E-state index contributed by atoms with van der Waals surface area (Å²) in [5.41, 5.74) is 0. The van der Waals surface area contributed by atoms with E-state index in [-0.39, 0.29) is 31.6 Å². The zero-order valence-electron chi connectivity index (χ0n) is 13.3. The van der Waals surface area contributed by atoms with Gasteiger partial charge in [-0.15, -0.1) is 0 Å². The maximum absolute atomic E-state index is 12.2. The fourth-order valence-corrected chi connectivity index (χ4v) is 2.29.